The third-order valence-corrected chi connectivity index (χ3v) is 3.79. The summed E-state index contributed by atoms with van der Waals surface area (Å²) < 4.78 is 3.80. The van der Waals surface area contributed by atoms with Crippen molar-refractivity contribution in [3.63, 3.8) is 0 Å². The second-order valence-corrected chi connectivity index (χ2v) is 5.29. The first kappa shape index (κ1) is 15.3. The van der Waals surface area contributed by atoms with Gasteiger partial charge >= 0.3 is 0 Å². The molecule has 0 saturated carbocycles. The molecule has 0 unspecified atom stereocenters. The third-order valence-electron chi connectivity index (χ3n) is 3.79. The van der Waals surface area contributed by atoms with Crippen molar-refractivity contribution in [2.75, 3.05) is 0 Å². The zero-order valence-corrected chi connectivity index (χ0v) is 13.3. The highest BCUT2D eigenvalue weighted by Crippen LogP contribution is 2.21. The van der Waals surface area contributed by atoms with Crippen LogP contribution in [0.1, 0.15) is 42.7 Å². The summed E-state index contributed by atoms with van der Waals surface area (Å²) in [6.07, 6.45) is 3.51. The Kier molecular flexibility index (Phi) is 4.45. The first-order valence-corrected chi connectivity index (χ1v) is 7.25. The van der Waals surface area contributed by atoms with Crippen molar-refractivity contribution in [2.24, 2.45) is 0 Å². The fourth-order valence-electron chi connectivity index (χ4n) is 2.73. The van der Waals surface area contributed by atoms with E-state index in [0.29, 0.717) is 0 Å². The van der Waals surface area contributed by atoms with Gasteiger partial charge in [0.25, 0.3) is 0 Å². The number of carbonyl (C=O) groups is 1. The van der Waals surface area contributed by atoms with Gasteiger partial charge in [-0.1, -0.05) is 0 Å². The molecule has 0 radical (unpaired) electrons. The van der Waals surface area contributed by atoms with Crippen LogP contribution in [0.25, 0.3) is 0 Å². The van der Waals surface area contributed by atoms with Crippen molar-refractivity contribution in [2.45, 2.75) is 53.8 Å². The topological polar surface area (TPSA) is 64.7 Å². The maximum Gasteiger partial charge on any atom is 0.240 e. The van der Waals surface area contributed by atoms with E-state index in [1.807, 2.05) is 43.1 Å². The summed E-state index contributed by atoms with van der Waals surface area (Å²) in [7, 11) is 0. The fourth-order valence-corrected chi connectivity index (χ4v) is 2.73. The quantitative estimate of drug-likeness (QED) is 0.914. The monoisotopic (exact) mass is 289 g/mol. The number of hydrogen-bond donors (Lipinski definition) is 1. The molecule has 1 atom stereocenters. The Bertz CT molecular complexity index is 641. The maximum atomic E-state index is 12.2. The predicted molar refractivity (Wildman–Crippen MR) is 80.9 cm³/mol. The number of amides is 1. The van der Waals surface area contributed by atoms with Crippen LogP contribution in [-0.2, 0) is 17.9 Å². The van der Waals surface area contributed by atoms with Crippen molar-refractivity contribution >= 4 is 5.91 Å². The van der Waals surface area contributed by atoms with E-state index in [-0.39, 0.29) is 18.5 Å². The van der Waals surface area contributed by atoms with E-state index in [1.54, 1.807) is 6.20 Å². The van der Waals surface area contributed by atoms with Gasteiger partial charge in [0.05, 0.1) is 11.7 Å². The van der Waals surface area contributed by atoms with E-state index in [9.17, 15) is 4.79 Å². The van der Waals surface area contributed by atoms with E-state index < -0.39 is 0 Å². The van der Waals surface area contributed by atoms with Crippen molar-refractivity contribution in [1.29, 1.82) is 0 Å². The molecule has 114 valence electrons. The molecule has 1 amide bonds. The fraction of sp³-hybridized carbons (Fsp3) is 0.533. The van der Waals surface area contributed by atoms with Crippen LogP contribution in [0.2, 0.25) is 0 Å². The zero-order valence-electron chi connectivity index (χ0n) is 13.3. The maximum absolute atomic E-state index is 12.2. The van der Waals surface area contributed by atoms with Crippen LogP contribution in [0.15, 0.2) is 12.4 Å². The van der Waals surface area contributed by atoms with Gasteiger partial charge in [-0.15, -0.1) is 0 Å². The number of nitrogens with zero attached hydrogens (tertiary/aromatic N) is 4. The molecular formula is C15H23N5O. The average Bonchev–Trinajstić information content (AvgIpc) is 2.93. The lowest BCUT2D eigenvalue weighted by molar-refractivity contribution is -0.122. The van der Waals surface area contributed by atoms with E-state index in [0.717, 1.165) is 29.3 Å². The summed E-state index contributed by atoms with van der Waals surface area (Å²) in [5.74, 6) is 0.815. The first-order valence-electron chi connectivity index (χ1n) is 7.25. The number of imidazole rings is 1. The standard InChI is InChI=1S/C15H23N5O/c1-6-20-12(4)15(11(3)18-20)10(2)17-14(21)9-19-8-7-16-13(19)5/h7-8,10H,6,9H2,1-5H3,(H,17,21)/t10-/m1/s1. The van der Waals surface area contributed by atoms with Gasteiger partial charge in [0.1, 0.15) is 12.4 Å². The molecule has 6 nitrogen and oxygen atoms in total. The first-order chi connectivity index (χ1) is 9.93. The predicted octanol–water partition coefficient (Wildman–Crippen LogP) is 1.90. The second kappa shape index (κ2) is 6.11. The molecule has 21 heavy (non-hydrogen) atoms. The highest BCUT2D eigenvalue weighted by atomic mass is 16.2. The van der Waals surface area contributed by atoms with Crippen LogP contribution >= 0.6 is 0 Å². The van der Waals surface area contributed by atoms with Gasteiger partial charge in [-0.25, -0.2) is 4.98 Å². The van der Waals surface area contributed by atoms with Crippen LogP contribution < -0.4 is 5.32 Å². The van der Waals surface area contributed by atoms with Crippen LogP contribution in [-0.4, -0.2) is 25.2 Å². The second-order valence-electron chi connectivity index (χ2n) is 5.29. The lowest BCUT2D eigenvalue weighted by atomic mass is 10.1. The Morgan fingerprint density at radius 2 is 2.10 bits per heavy atom. The molecule has 0 aromatic carbocycles. The smallest absolute Gasteiger partial charge is 0.240 e. The summed E-state index contributed by atoms with van der Waals surface area (Å²) in [6.45, 7) is 11.1. The number of rotatable bonds is 5. The summed E-state index contributed by atoms with van der Waals surface area (Å²) in [5, 5.41) is 7.54. The van der Waals surface area contributed by atoms with Gasteiger partial charge in [-0.3, -0.25) is 9.48 Å². The van der Waals surface area contributed by atoms with Gasteiger partial charge in [0.2, 0.25) is 5.91 Å². The van der Waals surface area contributed by atoms with Crippen LogP contribution in [0, 0.1) is 20.8 Å². The molecule has 2 aromatic heterocycles. The number of hydrogen-bond acceptors (Lipinski definition) is 3. The summed E-state index contributed by atoms with van der Waals surface area (Å²) in [4.78, 5) is 16.3. The molecule has 0 spiro atoms. The molecule has 1 N–H and O–H groups in total. The molecule has 2 rings (SSSR count). The highest BCUT2D eigenvalue weighted by molar-refractivity contribution is 5.76. The Labute approximate surface area is 125 Å². The van der Waals surface area contributed by atoms with E-state index >= 15 is 0 Å². The van der Waals surface area contributed by atoms with Crippen molar-refractivity contribution < 1.29 is 4.79 Å². The van der Waals surface area contributed by atoms with E-state index in [1.165, 1.54) is 0 Å². The number of aromatic nitrogens is 4. The minimum atomic E-state index is -0.0540. The number of aryl methyl sites for hydroxylation is 3. The Hall–Kier alpha value is -2.11. The van der Waals surface area contributed by atoms with Crippen molar-refractivity contribution in [3.8, 4) is 0 Å². The molecule has 0 aliphatic carbocycles. The molecule has 0 bridgehead atoms. The minimum absolute atomic E-state index is 0.0216. The van der Waals surface area contributed by atoms with Crippen LogP contribution in [0.5, 0.6) is 0 Å². The summed E-state index contributed by atoms with van der Waals surface area (Å²) in [6, 6.07) is -0.0540. The Morgan fingerprint density at radius 1 is 1.38 bits per heavy atom. The number of nitrogens with one attached hydrogen (secondary N) is 1. The van der Waals surface area contributed by atoms with Crippen LogP contribution in [0.3, 0.4) is 0 Å². The zero-order chi connectivity index (χ0) is 15.6. The third kappa shape index (κ3) is 3.15. The minimum Gasteiger partial charge on any atom is -0.348 e. The molecule has 6 heteroatoms. The van der Waals surface area contributed by atoms with Gasteiger partial charge in [0, 0.05) is 30.2 Å². The van der Waals surface area contributed by atoms with Gasteiger partial charge < -0.3 is 9.88 Å². The number of carbonyl (C=O) groups excluding carboxylic acids is 1. The van der Waals surface area contributed by atoms with E-state index in [2.05, 4.69) is 22.3 Å². The highest BCUT2D eigenvalue weighted by Gasteiger charge is 2.18. The molecule has 2 heterocycles. The molecule has 0 aliphatic heterocycles. The van der Waals surface area contributed by atoms with Gasteiger partial charge in [-0.2, -0.15) is 5.10 Å². The SMILES string of the molecule is CCn1nc(C)c([C@@H](C)NC(=O)Cn2ccnc2C)c1C. The molecule has 0 aliphatic rings. The van der Waals surface area contributed by atoms with E-state index in [4.69, 9.17) is 0 Å². The van der Waals surface area contributed by atoms with Crippen molar-refractivity contribution in [3.05, 3.63) is 35.2 Å². The lowest BCUT2D eigenvalue weighted by Crippen LogP contribution is -2.30. The summed E-state index contributed by atoms with van der Waals surface area (Å²) >= 11 is 0. The summed E-state index contributed by atoms with van der Waals surface area (Å²) in [5.41, 5.74) is 3.19. The normalized spacial score (nSPS) is 12.4. The van der Waals surface area contributed by atoms with Crippen molar-refractivity contribution in [1.82, 2.24) is 24.6 Å². The molecule has 0 fully saturated rings. The van der Waals surface area contributed by atoms with Crippen LogP contribution in [0.4, 0.5) is 0 Å². The Balaban J connectivity index is 2.08. The molecular weight excluding hydrogens is 266 g/mol. The van der Waals surface area contributed by atoms with Gasteiger partial charge in [0.15, 0.2) is 0 Å². The Morgan fingerprint density at radius 3 is 2.62 bits per heavy atom. The molecule has 0 saturated heterocycles. The molecule has 2 aromatic rings. The largest absolute Gasteiger partial charge is 0.348 e. The van der Waals surface area contributed by atoms with Gasteiger partial charge in [-0.05, 0) is 34.6 Å². The lowest BCUT2D eigenvalue weighted by Gasteiger charge is -2.15. The average molecular weight is 289 g/mol.